The molecule has 42 heteroatoms. The van der Waals surface area contributed by atoms with Crippen LogP contribution in [0.3, 0.4) is 0 Å². The molecule has 0 heterocycles. The summed E-state index contributed by atoms with van der Waals surface area (Å²) in [7, 11) is -19.5. The average Bonchev–Trinajstić information content (AvgIpc) is 0.929. The number of halogens is 4. The molecule has 0 spiro atoms. The van der Waals surface area contributed by atoms with Gasteiger partial charge in [-0.1, -0.05) is 87.9 Å². The Labute approximate surface area is 712 Å². The number of hydrogen-bond acceptors (Lipinski definition) is 22. The van der Waals surface area contributed by atoms with E-state index in [1.165, 1.54) is 59.8 Å². The number of hydrogen-bond donors (Lipinski definition) is 6. The smallest absolute Gasteiger partial charge is 0.245 e. The Morgan fingerprint density at radius 1 is 0.293 bits per heavy atom. The summed E-state index contributed by atoms with van der Waals surface area (Å²) < 4.78 is 137. The van der Waals surface area contributed by atoms with Crippen molar-refractivity contribution in [2.75, 3.05) is 0 Å². The Morgan fingerprint density at radius 2 is 0.552 bits per heavy atom. The average molecular weight is 1820 g/mol. The lowest BCUT2D eigenvalue weighted by Crippen LogP contribution is -2.28. The molecule has 6 N–H and O–H groups in total. The lowest BCUT2D eigenvalue weighted by Gasteiger charge is -2.04. The standard InChI is InChI=1S/2C7H10N2O.2C7H9NO.C6H10ClNO.C6H9ClO.2C6H10N2O2S.2C6H9NO2S.C5H10ClNO2S.C5H9ClO2S/c1-6(2)9-7(10)4-5-8-3;1-6(2)9-7(10)4-3-5-8;1-6(2)7(9)4-5-8-3;1-6(2)7(9)4-3-5-8;1-5(2)8-6(9)3-4-7;1-5(2)6(8)3-4-7;1-6(2)8-11(9,10)5-4-7-3;1-6(2)8-11(9,10)5-3-4-7;1-6(2)10(8,9)5-4-7-3;1-6(2)10(8,9)5-3-4-7;1-5(2)7-10(8,9)4-3-6;1-5(2)9(7,8)4-3-6/h4-6H,1-2H3,(H,9,10);3-4,6H,1-2H3,(H,9,10);4-6H,1-2H3;3-4,6H,1-2H3;3-5H,1-2H3,(H,8,9);3-5H,1-2H3;4-6,8H,1-2H3;3,5-6,8H,1-2H3;4-6H,1-2H3;3,5-6H,1-2H3;3-5,7H,1-2H3;3-5H,1-2H3/b5-4+;4-3-;5-4+;3*4-3-;5-4+;5-3-;5-4+;5-3-;2*4-3-. The number of allylic oxidation sites excluding steroid dienone is 7. The number of carbonyl (C=O) groups excluding carboxylic acids is 6. The predicted molar refractivity (Wildman–Crippen MR) is 465 cm³/mol. The van der Waals surface area contributed by atoms with Gasteiger partial charge >= 0.3 is 0 Å². The number of sulfone groups is 3. The third-order valence-corrected chi connectivity index (χ3v) is 19.8. The van der Waals surface area contributed by atoms with E-state index in [0.717, 1.165) is 80.3 Å². The minimum Gasteiger partial charge on any atom is -0.351 e. The van der Waals surface area contributed by atoms with Crippen LogP contribution in [-0.2, 0) is 88.3 Å². The quantitative estimate of drug-likeness (QED) is 0.0253. The Bertz CT molecular complexity index is 4130. The molecule has 0 rings (SSSR count). The van der Waals surface area contributed by atoms with Gasteiger partial charge in [-0.2, -0.15) is 21.0 Å². The molecule has 0 aliphatic heterocycles. The van der Waals surface area contributed by atoms with Crippen LogP contribution in [0.1, 0.15) is 166 Å². The zero-order valence-electron chi connectivity index (χ0n) is 69.7. The van der Waals surface area contributed by atoms with Crippen molar-refractivity contribution in [2.45, 2.75) is 218 Å². The van der Waals surface area contributed by atoms with Crippen LogP contribution in [0.5, 0.6) is 0 Å². The van der Waals surface area contributed by atoms with Crippen molar-refractivity contribution in [2.24, 2.45) is 17.8 Å². The molecule has 0 atom stereocenters. The van der Waals surface area contributed by atoms with Gasteiger partial charge in [-0.25, -0.2) is 84.1 Å². The maximum absolute atomic E-state index is 10.9. The van der Waals surface area contributed by atoms with Crippen LogP contribution in [-0.4, -0.2) is 138 Å². The summed E-state index contributed by atoms with van der Waals surface area (Å²) in [5.41, 5.74) is 4.40. The molecule has 3 amide bonds. The minimum atomic E-state index is -3.40. The Hall–Kier alpha value is -9.04. The second-order valence-electron chi connectivity index (χ2n) is 24.6. The fraction of sp³-hybridized carbons (Fsp3) is 0.486. The van der Waals surface area contributed by atoms with E-state index < -0.39 is 70.1 Å². The highest BCUT2D eigenvalue weighted by Crippen LogP contribution is 2.04. The summed E-state index contributed by atoms with van der Waals surface area (Å²) in [6.07, 6.45) is 16.1. The molecule has 0 fully saturated rings. The maximum atomic E-state index is 10.9. The monoisotopic (exact) mass is 1820 g/mol. The van der Waals surface area contributed by atoms with Crippen LogP contribution < -0.4 is 30.1 Å². The van der Waals surface area contributed by atoms with Crippen molar-refractivity contribution in [3.05, 3.63) is 186 Å². The van der Waals surface area contributed by atoms with E-state index in [4.69, 9.17) is 93.7 Å². The second-order valence-corrected chi connectivity index (χ2v) is 37.6. The predicted octanol–water partition coefficient (Wildman–Crippen LogP) is 13.3. The van der Waals surface area contributed by atoms with Gasteiger partial charge < -0.3 is 16.0 Å². The zero-order chi connectivity index (χ0) is 94.3. The minimum absolute atomic E-state index is 0.00278. The van der Waals surface area contributed by atoms with Crippen LogP contribution in [0.2, 0.25) is 0 Å². The van der Waals surface area contributed by atoms with Gasteiger partial charge in [0.2, 0.25) is 47.8 Å². The van der Waals surface area contributed by atoms with E-state index in [-0.39, 0.29) is 94.3 Å². The van der Waals surface area contributed by atoms with Gasteiger partial charge in [0.25, 0.3) is 0 Å². The van der Waals surface area contributed by atoms with E-state index >= 15 is 0 Å². The van der Waals surface area contributed by atoms with Crippen LogP contribution in [0, 0.1) is 89.4 Å². The van der Waals surface area contributed by atoms with E-state index in [1.807, 2.05) is 55.4 Å². The van der Waals surface area contributed by atoms with Gasteiger partial charge in [0.15, 0.2) is 65.9 Å². The molecule has 0 aliphatic rings. The van der Waals surface area contributed by atoms with Crippen molar-refractivity contribution in [3.63, 3.8) is 0 Å². The van der Waals surface area contributed by atoms with Crippen molar-refractivity contribution in [3.8, 4) is 24.3 Å². The van der Waals surface area contributed by atoms with E-state index in [0.29, 0.717) is 0 Å². The van der Waals surface area contributed by atoms with E-state index in [9.17, 15) is 79.3 Å². The van der Waals surface area contributed by atoms with Crippen LogP contribution in [0.25, 0.3) is 19.4 Å². The van der Waals surface area contributed by atoms with E-state index in [1.54, 1.807) is 135 Å². The summed E-state index contributed by atoms with van der Waals surface area (Å²) in [5, 5.41) is 44.1. The highest BCUT2D eigenvalue weighted by molar-refractivity contribution is 7.95. The van der Waals surface area contributed by atoms with Crippen molar-refractivity contribution >= 4 is 141 Å². The Morgan fingerprint density at radius 3 is 0.828 bits per heavy atom. The van der Waals surface area contributed by atoms with Gasteiger partial charge in [0, 0.05) is 140 Å². The first-order valence-corrected chi connectivity index (χ1v) is 45.0. The molecular weight excluding hydrogens is 1710 g/mol. The van der Waals surface area contributed by atoms with Gasteiger partial charge in [0.1, 0.15) is 5.78 Å². The van der Waals surface area contributed by atoms with Crippen LogP contribution >= 0.6 is 46.4 Å². The molecule has 0 aliphatic carbocycles. The number of nitriles is 4. The number of sulfonamides is 3. The van der Waals surface area contributed by atoms with Gasteiger partial charge in [-0.15, -0.1) is 0 Å². The molecule has 0 radical (unpaired) electrons. The fourth-order valence-electron chi connectivity index (χ4n) is 4.33. The molecule has 116 heavy (non-hydrogen) atoms. The second kappa shape index (κ2) is 82.5. The number of carbonyl (C=O) groups is 6. The Balaban J connectivity index is -0.000000102. The Kier molecular flexibility index (Phi) is 94.7. The van der Waals surface area contributed by atoms with Crippen LogP contribution in [0.15, 0.2) is 140 Å². The lowest BCUT2D eigenvalue weighted by molar-refractivity contribution is -0.118. The molecule has 0 aromatic carbocycles. The van der Waals surface area contributed by atoms with Crippen LogP contribution in [0.4, 0.5) is 0 Å². The third-order valence-electron chi connectivity index (χ3n) is 9.62. The maximum Gasteiger partial charge on any atom is 0.245 e. The molecule has 0 aromatic heterocycles. The van der Waals surface area contributed by atoms with Crippen molar-refractivity contribution in [1.82, 2.24) is 30.1 Å². The summed E-state index contributed by atoms with van der Waals surface area (Å²) in [4.78, 5) is 75.2. The number of nitrogens with one attached hydrogen (secondary N) is 6. The van der Waals surface area contributed by atoms with Gasteiger partial charge in [0.05, 0.1) is 77.1 Å². The SMILES string of the molecule is CC(C)C(=O)/C=C\C#N.CC(C)C(=O)/C=C\Cl.CC(C)NC(=O)/C=C\C#N.CC(C)NC(=O)/C=C\Cl.CC(C)NS(=O)(=O)/C=C\C#N.CC(C)NS(=O)(=O)/C=C\Cl.CC(C)S(=O)(=O)/C=C\C#N.CC(C)S(=O)(=O)/C=C\Cl.[C-]#[N+]/C=C/C(=O)C(C)C.[C-]#[N+]/C=C/C(=O)NC(C)C.[C-]#[N+]/C=C/S(=O)(=O)C(C)C.[C-]#[N+]/C=C/S(=O)(=O)NC(C)C. The van der Waals surface area contributed by atoms with Crippen molar-refractivity contribution < 1.29 is 79.3 Å². The summed E-state index contributed by atoms with van der Waals surface area (Å²) in [5.74, 6) is -0.465. The third kappa shape index (κ3) is 118. The summed E-state index contributed by atoms with van der Waals surface area (Å²) >= 11 is 20.4. The largest absolute Gasteiger partial charge is 0.351 e. The van der Waals surface area contributed by atoms with E-state index in [2.05, 4.69) is 49.5 Å². The van der Waals surface area contributed by atoms with Gasteiger partial charge in [-0.05, 0) is 143 Å². The number of ketones is 3. The number of amides is 3. The lowest BCUT2D eigenvalue weighted by atomic mass is 10.1. The molecule has 0 aromatic rings. The molecule has 0 unspecified atom stereocenters. The summed E-state index contributed by atoms with van der Waals surface area (Å²) in [6.45, 7) is 67.1. The highest BCUT2D eigenvalue weighted by atomic mass is 35.5. The first kappa shape index (κ1) is 133. The molecular formula is C74H114Cl4N14O18S6. The first-order chi connectivity index (χ1) is 53.0. The number of nitrogens with zero attached hydrogens (tertiary/aromatic N) is 8. The number of rotatable bonds is 27. The molecule has 32 nitrogen and oxygen atoms in total. The molecule has 652 valence electrons. The molecule has 0 saturated heterocycles. The van der Waals surface area contributed by atoms with Gasteiger partial charge in [-0.3, -0.25) is 28.8 Å². The molecule has 0 saturated carbocycles. The normalized spacial score (nSPS) is 11.4. The fourth-order valence-corrected chi connectivity index (χ4v) is 9.77. The summed E-state index contributed by atoms with van der Waals surface area (Å²) in [6, 6.07) is 6.73. The topological polar surface area (TPSA) is 492 Å². The zero-order valence-corrected chi connectivity index (χ0v) is 77.6. The van der Waals surface area contributed by atoms with Crippen molar-refractivity contribution in [1.29, 1.82) is 21.0 Å². The highest BCUT2D eigenvalue weighted by Gasteiger charge is 2.13. The molecule has 0 bridgehead atoms. The first-order valence-electron chi connectivity index (χ1n) is 33.7.